The Morgan fingerprint density at radius 3 is 2.85 bits per heavy atom. The normalized spacial score (nSPS) is 21.1. The van der Waals surface area contributed by atoms with Gasteiger partial charge in [0.25, 0.3) is 5.91 Å². The largest absolute Gasteiger partial charge is 0.481 e. The average molecular weight is 272 g/mol. The number of carboxylic acids is 1. The molecule has 0 bridgehead atoms. The summed E-state index contributed by atoms with van der Waals surface area (Å²) < 4.78 is 0. The van der Waals surface area contributed by atoms with Crippen molar-refractivity contribution >= 4 is 11.9 Å². The van der Waals surface area contributed by atoms with Crippen LogP contribution in [-0.2, 0) is 11.2 Å². The van der Waals surface area contributed by atoms with Gasteiger partial charge < -0.3 is 10.4 Å². The van der Waals surface area contributed by atoms with Gasteiger partial charge in [-0.1, -0.05) is 12.1 Å². The highest BCUT2D eigenvalue weighted by Crippen LogP contribution is 2.25. The van der Waals surface area contributed by atoms with Crippen LogP contribution >= 0.6 is 0 Å². The van der Waals surface area contributed by atoms with Crippen molar-refractivity contribution < 1.29 is 14.7 Å². The van der Waals surface area contributed by atoms with Crippen molar-refractivity contribution in [2.24, 2.45) is 5.92 Å². The Labute approximate surface area is 117 Å². The van der Waals surface area contributed by atoms with Gasteiger partial charge in [0.2, 0.25) is 0 Å². The number of aliphatic carboxylic acids is 1. The van der Waals surface area contributed by atoms with Gasteiger partial charge in [-0.15, -0.1) is 0 Å². The average Bonchev–Trinajstić information content (AvgIpc) is 2.88. The van der Waals surface area contributed by atoms with E-state index in [0.717, 1.165) is 5.56 Å². The zero-order valence-corrected chi connectivity index (χ0v) is 11.0. The highest BCUT2D eigenvalue weighted by Gasteiger charge is 2.30. The maximum atomic E-state index is 12.1. The predicted molar refractivity (Wildman–Crippen MR) is 72.0 cm³/mol. The zero-order chi connectivity index (χ0) is 14.5. The SMILES string of the molecule is N#CCc1cccc(C(=O)N[C@H]2CC[C@@H](C(=O)O)C2)c1. The lowest BCUT2D eigenvalue weighted by molar-refractivity contribution is -0.141. The van der Waals surface area contributed by atoms with Gasteiger partial charge >= 0.3 is 5.97 Å². The van der Waals surface area contributed by atoms with Crippen LogP contribution < -0.4 is 5.32 Å². The van der Waals surface area contributed by atoms with Crippen molar-refractivity contribution in [2.45, 2.75) is 31.7 Å². The fourth-order valence-electron chi connectivity index (χ4n) is 2.52. The number of benzene rings is 1. The van der Waals surface area contributed by atoms with Crippen LogP contribution in [-0.4, -0.2) is 23.0 Å². The molecule has 2 atom stereocenters. The Morgan fingerprint density at radius 1 is 1.40 bits per heavy atom. The Hall–Kier alpha value is -2.35. The maximum absolute atomic E-state index is 12.1. The first-order valence-electron chi connectivity index (χ1n) is 6.59. The molecule has 1 amide bonds. The lowest BCUT2D eigenvalue weighted by atomic mass is 10.1. The molecule has 1 aliphatic carbocycles. The molecular formula is C15H16N2O3. The van der Waals surface area contributed by atoms with E-state index in [1.165, 1.54) is 0 Å². The van der Waals surface area contributed by atoms with Crippen LogP contribution in [0, 0.1) is 17.2 Å². The number of nitriles is 1. The molecule has 0 unspecified atom stereocenters. The van der Waals surface area contributed by atoms with Gasteiger partial charge in [0.15, 0.2) is 0 Å². The van der Waals surface area contributed by atoms with E-state index in [4.69, 9.17) is 10.4 Å². The van der Waals surface area contributed by atoms with Crippen molar-refractivity contribution in [3.05, 3.63) is 35.4 Å². The van der Waals surface area contributed by atoms with Gasteiger partial charge in [0.05, 0.1) is 18.4 Å². The first-order valence-corrected chi connectivity index (χ1v) is 6.59. The molecule has 5 nitrogen and oxygen atoms in total. The van der Waals surface area contributed by atoms with Crippen molar-refractivity contribution in [1.29, 1.82) is 5.26 Å². The molecule has 5 heteroatoms. The van der Waals surface area contributed by atoms with Crippen LogP contribution in [0.15, 0.2) is 24.3 Å². The van der Waals surface area contributed by atoms with Crippen molar-refractivity contribution in [1.82, 2.24) is 5.32 Å². The van der Waals surface area contributed by atoms with Crippen LogP contribution in [0.5, 0.6) is 0 Å². The molecule has 0 saturated heterocycles. The topological polar surface area (TPSA) is 90.2 Å². The molecule has 0 radical (unpaired) electrons. The predicted octanol–water partition coefficient (Wildman–Crippen LogP) is 1.74. The number of nitrogens with zero attached hydrogens (tertiary/aromatic N) is 1. The Bertz CT molecular complexity index is 562. The molecule has 20 heavy (non-hydrogen) atoms. The quantitative estimate of drug-likeness (QED) is 0.873. The molecular weight excluding hydrogens is 256 g/mol. The first kappa shape index (κ1) is 14.1. The molecule has 1 saturated carbocycles. The minimum Gasteiger partial charge on any atom is -0.481 e. The number of hydrogen-bond acceptors (Lipinski definition) is 3. The lowest BCUT2D eigenvalue weighted by Crippen LogP contribution is -2.33. The van der Waals surface area contributed by atoms with E-state index in [2.05, 4.69) is 5.32 Å². The van der Waals surface area contributed by atoms with E-state index in [1.807, 2.05) is 6.07 Å². The first-order chi connectivity index (χ1) is 9.60. The molecule has 2 rings (SSSR count). The molecule has 0 heterocycles. The summed E-state index contributed by atoms with van der Waals surface area (Å²) in [6.07, 6.45) is 2.06. The molecule has 1 fully saturated rings. The van der Waals surface area contributed by atoms with Gasteiger partial charge in [-0.3, -0.25) is 9.59 Å². The molecule has 1 aliphatic rings. The van der Waals surface area contributed by atoms with E-state index >= 15 is 0 Å². The van der Waals surface area contributed by atoms with Crippen molar-refractivity contribution in [2.75, 3.05) is 0 Å². The van der Waals surface area contributed by atoms with Crippen molar-refractivity contribution in [3.8, 4) is 6.07 Å². The van der Waals surface area contributed by atoms with Crippen molar-refractivity contribution in [3.63, 3.8) is 0 Å². The van der Waals surface area contributed by atoms with Gasteiger partial charge in [-0.05, 0) is 37.0 Å². The van der Waals surface area contributed by atoms with E-state index in [-0.39, 0.29) is 24.3 Å². The lowest BCUT2D eigenvalue weighted by Gasteiger charge is -2.12. The minimum atomic E-state index is -0.794. The van der Waals surface area contributed by atoms with Crippen LogP contribution in [0.3, 0.4) is 0 Å². The maximum Gasteiger partial charge on any atom is 0.306 e. The molecule has 2 N–H and O–H groups in total. The van der Waals surface area contributed by atoms with E-state index < -0.39 is 5.97 Å². The van der Waals surface area contributed by atoms with Gasteiger partial charge in [0, 0.05) is 11.6 Å². The summed E-state index contributed by atoms with van der Waals surface area (Å²) in [6.45, 7) is 0. The fourth-order valence-corrected chi connectivity index (χ4v) is 2.52. The second-order valence-corrected chi connectivity index (χ2v) is 5.05. The number of carboxylic acid groups (broad SMARTS) is 1. The molecule has 1 aromatic rings. The number of rotatable bonds is 4. The number of hydrogen-bond donors (Lipinski definition) is 2. The van der Waals surface area contributed by atoms with E-state index in [0.29, 0.717) is 24.8 Å². The summed E-state index contributed by atoms with van der Waals surface area (Å²) in [5.74, 6) is -1.36. The summed E-state index contributed by atoms with van der Waals surface area (Å²) >= 11 is 0. The van der Waals surface area contributed by atoms with Crippen LogP contribution in [0.2, 0.25) is 0 Å². The number of amides is 1. The third-order valence-corrected chi connectivity index (χ3v) is 3.59. The Balaban J connectivity index is 1.97. The summed E-state index contributed by atoms with van der Waals surface area (Å²) in [4.78, 5) is 23.0. The number of carbonyl (C=O) groups is 2. The summed E-state index contributed by atoms with van der Waals surface area (Å²) in [6, 6.07) is 8.90. The smallest absolute Gasteiger partial charge is 0.306 e. The Morgan fingerprint density at radius 2 is 2.20 bits per heavy atom. The highest BCUT2D eigenvalue weighted by atomic mass is 16.4. The molecule has 104 valence electrons. The minimum absolute atomic E-state index is 0.0803. The highest BCUT2D eigenvalue weighted by molar-refractivity contribution is 5.94. The van der Waals surface area contributed by atoms with E-state index in [9.17, 15) is 9.59 Å². The van der Waals surface area contributed by atoms with Crippen LogP contribution in [0.1, 0.15) is 35.2 Å². The number of nitrogens with one attached hydrogen (secondary N) is 1. The standard InChI is InChI=1S/C15H16N2O3/c16-7-6-10-2-1-3-11(8-10)14(18)17-13-5-4-12(9-13)15(19)20/h1-3,8,12-13H,4-6,9H2,(H,17,18)(H,19,20)/t12-,13+/m1/s1. The Kier molecular flexibility index (Phi) is 4.36. The summed E-state index contributed by atoms with van der Waals surface area (Å²) in [7, 11) is 0. The third-order valence-electron chi connectivity index (χ3n) is 3.59. The second kappa shape index (κ2) is 6.20. The zero-order valence-electron chi connectivity index (χ0n) is 11.0. The van der Waals surface area contributed by atoms with Crippen LogP contribution in [0.25, 0.3) is 0 Å². The van der Waals surface area contributed by atoms with Gasteiger partial charge in [-0.2, -0.15) is 5.26 Å². The van der Waals surface area contributed by atoms with Gasteiger partial charge in [0.1, 0.15) is 0 Å². The molecule has 1 aromatic carbocycles. The monoisotopic (exact) mass is 272 g/mol. The molecule has 0 spiro atoms. The van der Waals surface area contributed by atoms with Crippen LogP contribution in [0.4, 0.5) is 0 Å². The van der Waals surface area contributed by atoms with E-state index in [1.54, 1.807) is 24.3 Å². The summed E-state index contributed by atoms with van der Waals surface area (Å²) in [5, 5.41) is 20.5. The fraction of sp³-hybridized carbons (Fsp3) is 0.400. The molecule has 0 aliphatic heterocycles. The molecule has 0 aromatic heterocycles. The third kappa shape index (κ3) is 3.35. The number of carbonyl (C=O) groups excluding carboxylic acids is 1. The van der Waals surface area contributed by atoms with Gasteiger partial charge in [-0.25, -0.2) is 0 Å². The summed E-state index contributed by atoms with van der Waals surface area (Å²) in [5.41, 5.74) is 1.31. The second-order valence-electron chi connectivity index (χ2n) is 5.05.